The number of aromatic nitrogens is 2. The summed E-state index contributed by atoms with van der Waals surface area (Å²) in [5.74, 6) is -0.0346. The lowest BCUT2D eigenvalue weighted by molar-refractivity contribution is 0.328. The number of fused-ring (bicyclic) bond motifs is 1. The fourth-order valence-electron chi connectivity index (χ4n) is 3.91. The third-order valence-corrected chi connectivity index (χ3v) is 5.38. The Morgan fingerprint density at radius 1 is 0.963 bits per heavy atom. The third kappa shape index (κ3) is 3.62. The molecular weight excluding hydrogens is 337 g/mol. The van der Waals surface area contributed by atoms with Crippen LogP contribution in [0.15, 0.2) is 48.5 Å². The second kappa shape index (κ2) is 7.20. The molecule has 0 spiro atoms. The molecule has 0 saturated heterocycles. The topological polar surface area (TPSA) is 29.0 Å². The summed E-state index contributed by atoms with van der Waals surface area (Å²) < 4.78 is 14.7. The zero-order valence-corrected chi connectivity index (χ0v) is 16.0. The van der Waals surface area contributed by atoms with Crippen LogP contribution < -0.4 is 0 Å². The first kappa shape index (κ1) is 17.8. The molecular formula is C23H24FN3. The summed E-state index contributed by atoms with van der Waals surface area (Å²) in [5.41, 5.74) is 7.03. The lowest BCUT2D eigenvalue weighted by Crippen LogP contribution is -2.17. The number of benzene rings is 2. The normalized spacial score (nSPS) is 17.4. The van der Waals surface area contributed by atoms with Crippen LogP contribution in [-0.2, 0) is 6.54 Å². The van der Waals surface area contributed by atoms with E-state index in [4.69, 9.17) is 0 Å². The Bertz CT molecular complexity index is 966. The van der Waals surface area contributed by atoms with Crippen LogP contribution in [0.1, 0.15) is 40.3 Å². The Kier molecular flexibility index (Phi) is 4.75. The Labute approximate surface area is 159 Å². The fourth-order valence-corrected chi connectivity index (χ4v) is 3.91. The molecule has 0 fully saturated rings. The predicted octanol–water partition coefficient (Wildman–Crippen LogP) is 4.87. The molecule has 1 unspecified atom stereocenters. The zero-order chi connectivity index (χ0) is 19.0. The van der Waals surface area contributed by atoms with Crippen LogP contribution in [0.5, 0.6) is 0 Å². The first-order valence-corrected chi connectivity index (χ1v) is 9.39. The molecule has 1 aliphatic heterocycles. The molecule has 3 nitrogen and oxygen atoms in total. The van der Waals surface area contributed by atoms with Crippen molar-refractivity contribution in [3.63, 3.8) is 0 Å². The van der Waals surface area contributed by atoms with Crippen molar-refractivity contribution in [3.05, 3.63) is 82.3 Å². The SMILES string of the molecule is Cc1ccc(C2CCN(C)Cc3cc(-c4ccc(C)nn4)ccc32)c(F)c1. The van der Waals surface area contributed by atoms with Gasteiger partial charge < -0.3 is 4.90 Å². The van der Waals surface area contributed by atoms with Crippen LogP contribution >= 0.6 is 0 Å². The minimum absolute atomic E-state index is 0.0729. The van der Waals surface area contributed by atoms with Crippen molar-refractivity contribution >= 4 is 0 Å². The summed E-state index contributed by atoms with van der Waals surface area (Å²) in [6, 6.07) is 16.0. The summed E-state index contributed by atoms with van der Waals surface area (Å²) in [5, 5.41) is 8.49. The van der Waals surface area contributed by atoms with Crippen LogP contribution in [0.25, 0.3) is 11.3 Å². The maximum absolute atomic E-state index is 14.7. The molecule has 1 aliphatic rings. The van der Waals surface area contributed by atoms with E-state index in [2.05, 4.69) is 40.3 Å². The molecule has 2 aromatic carbocycles. The minimum Gasteiger partial charge on any atom is -0.302 e. The lowest BCUT2D eigenvalue weighted by atomic mass is 9.85. The number of hydrogen-bond acceptors (Lipinski definition) is 3. The number of rotatable bonds is 2. The largest absolute Gasteiger partial charge is 0.302 e. The second-order valence-corrected chi connectivity index (χ2v) is 7.58. The molecule has 1 atom stereocenters. The molecule has 0 bridgehead atoms. The van der Waals surface area contributed by atoms with E-state index in [1.165, 1.54) is 11.1 Å². The van der Waals surface area contributed by atoms with Crippen molar-refractivity contribution in [1.29, 1.82) is 0 Å². The molecule has 138 valence electrons. The number of nitrogens with zero attached hydrogens (tertiary/aromatic N) is 3. The molecule has 0 N–H and O–H groups in total. The molecule has 4 rings (SSSR count). The number of hydrogen-bond donors (Lipinski definition) is 0. The van der Waals surface area contributed by atoms with E-state index in [1.807, 2.05) is 38.1 Å². The number of aryl methyl sites for hydroxylation is 2. The average Bonchev–Trinajstić information content (AvgIpc) is 2.80. The van der Waals surface area contributed by atoms with Crippen molar-refractivity contribution < 1.29 is 4.39 Å². The van der Waals surface area contributed by atoms with Crippen LogP contribution in [-0.4, -0.2) is 28.7 Å². The van der Waals surface area contributed by atoms with E-state index in [-0.39, 0.29) is 11.7 Å². The molecule has 0 aliphatic carbocycles. The van der Waals surface area contributed by atoms with Crippen LogP contribution in [0, 0.1) is 19.7 Å². The molecule has 0 radical (unpaired) electrons. The van der Waals surface area contributed by atoms with Gasteiger partial charge in [-0.05, 0) is 80.4 Å². The molecule has 0 amide bonds. The Morgan fingerprint density at radius 3 is 2.52 bits per heavy atom. The predicted molar refractivity (Wildman–Crippen MR) is 106 cm³/mol. The van der Waals surface area contributed by atoms with Gasteiger partial charge in [-0.25, -0.2) is 4.39 Å². The Hall–Kier alpha value is -2.59. The van der Waals surface area contributed by atoms with Gasteiger partial charge in [0.1, 0.15) is 5.82 Å². The van der Waals surface area contributed by atoms with Gasteiger partial charge in [-0.1, -0.05) is 24.3 Å². The van der Waals surface area contributed by atoms with Crippen molar-refractivity contribution in [2.75, 3.05) is 13.6 Å². The van der Waals surface area contributed by atoms with Crippen molar-refractivity contribution in [1.82, 2.24) is 15.1 Å². The highest BCUT2D eigenvalue weighted by molar-refractivity contribution is 5.61. The van der Waals surface area contributed by atoms with Crippen molar-refractivity contribution in [2.45, 2.75) is 32.7 Å². The van der Waals surface area contributed by atoms with Crippen LogP contribution in [0.4, 0.5) is 4.39 Å². The maximum Gasteiger partial charge on any atom is 0.127 e. The highest BCUT2D eigenvalue weighted by atomic mass is 19.1. The van der Waals surface area contributed by atoms with E-state index in [1.54, 1.807) is 6.07 Å². The van der Waals surface area contributed by atoms with Crippen molar-refractivity contribution in [2.24, 2.45) is 0 Å². The first-order valence-electron chi connectivity index (χ1n) is 9.39. The summed E-state index contributed by atoms with van der Waals surface area (Å²) in [6.07, 6.45) is 0.910. The highest BCUT2D eigenvalue weighted by Crippen LogP contribution is 2.36. The van der Waals surface area contributed by atoms with Gasteiger partial charge in [0.25, 0.3) is 0 Å². The molecule has 27 heavy (non-hydrogen) atoms. The van der Waals surface area contributed by atoms with E-state index >= 15 is 0 Å². The zero-order valence-electron chi connectivity index (χ0n) is 16.0. The summed E-state index contributed by atoms with van der Waals surface area (Å²) in [7, 11) is 2.12. The molecule has 3 aromatic rings. The van der Waals surface area contributed by atoms with Crippen LogP contribution in [0.3, 0.4) is 0 Å². The van der Waals surface area contributed by atoms with E-state index in [9.17, 15) is 4.39 Å². The van der Waals surface area contributed by atoms with Gasteiger partial charge in [0.05, 0.1) is 11.4 Å². The van der Waals surface area contributed by atoms with Gasteiger partial charge in [0, 0.05) is 18.0 Å². The third-order valence-electron chi connectivity index (χ3n) is 5.38. The Morgan fingerprint density at radius 2 is 1.78 bits per heavy atom. The van der Waals surface area contributed by atoms with Gasteiger partial charge in [0.2, 0.25) is 0 Å². The standard InChI is InChI=1S/C23H24FN3/c1-15-4-7-21(22(24)12-15)20-10-11-27(3)14-18-13-17(6-8-19(18)20)23-9-5-16(2)25-26-23/h4-9,12-13,20H,10-11,14H2,1-3H3. The van der Waals surface area contributed by atoms with E-state index < -0.39 is 0 Å². The molecule has 0 saturated carbocycles. The van der Waals surface area contributed by atoms with E-state index in [0.717, 1.165) is 47.6 Å². The smallest absolute Gasteiger partial charge is 0.127 e. The van der Waals surface area contributed by atoms with Gasteiger partial charge >= 0.3 is 0 Å². The highest BCUT2D eigenvalue weighted by Gasteiger charge is 2.25. The molecule has 1 aromatic heterocycles. The van der Waals surface area contributed by atoms with Gasteiger partial charge in [-0.2, -0.15) is 10.2 Å². The first-order chi connectivity index (χ1) is 13.0. The Balaban J connectivity index is 1.79. The van der Waals surface area contributed by atoms with Crippen LogP contribution in [0.2, 0.25) is 0 Å². The van der Waals surface area contributed by atoms with Gasteiger partial charge in [-0.15, -0.1) is 0 Å². The maximum atomic E-state index is 14.7. The van der Waals surface area contributed by atoms with Crippen molar-refractivity contribution in [3.8, 4) is 11.3 Å². The second-order valence-electron chi connectivity index (χ2n) is 7.58. The summed E-state index contributed by atoms with van der Waals surface area (Å²) in [4.78, 5) is 2.30. The fraction of sp³-hybridized carbons (Fsp3) is 0.304. The van der Waals surface area contributed by atoms with E-state index in [0.29, 0.717) is 0 Å². The minimum atomic E-state index is -0.107. The quantitative estimate of drug-likeness (QED) is 0.652. The summed E-state index contributed by atoms with van der Waals surface area (Å²) in [6.45, 7) is 5.65. The molecule has 4 heteroatoms. The average molecular weight is 361 g/mol. The lowest BCUT2D eigenvalue weighted by Gasteiger charge is -2.19. The number of halogens is 1. The van der Waals surface area contributed by atoms with Gasteiger partial charge in [0.15, 0.2) is 0 Å². The monoisotopic (exact) mass is 361 g/mol. The van der Waals surface area contributed by atoms with Gasteiger partial charge in [-0.3, -0.25) is 0 Å². The summed E-state index contributed by atoms with van der Waals surface area (Å²) >= 11 is 0. The molecule has 2 heterocycles.